The molecule has 8 heteroatoms. The van der Waals surface area contributed by atoms with Crippen LogP contribution in [0.2, 0.25) is 0 Å². The molecular formula is C28H38O8. The highest BCUT2D eigenvalue weighted by molar-refractivity contribution is 6.01. The smallest absolute Gasteiger partial charge is 0.347 e. The van der Waals surface area contributed by atoms with Gasteiger partial charge in [-0.05, 0) is 67.9 Å². The fraction of sp³-hybridized carbons (Fsp3) is 0.714. The second kappa shape index (κ2) is 9.86. The summed E-state index contributed by atoms with van der Waals surface area (Å²) in [5, 5.41) is 11.5. The van der Waals surface area contributed by atoms with E-state index < -0.39 is 29.6 Å². The number of carbonyl (C=O) groups is 4. The summed E-state index contributed by atoms with van der Waals surface area (Å²) in [6, 6.07) is 0. The highest BCUT2D eigenvalue weighted by Gasteiger charge is 2.63. The maximum Gasteiger partial charge on any atom is 0.347 e. The number of carbonyl (C=O) groups excluding carboxylic acids is 4. The lowest BCUT2D eigenvalue weighted by Gasteiger charge is -2.60. The first-order valence-electron chi connectivity index (χ1n) is 12.9. The Hall–Kier alpha value is -2.32. The van der Waals surface area contributed by atoms with E-state index in [1.807, 2.05) is 6.08 Å². The fourth-order valence-electron chi connectivity index (χ4n) is 8.04. The third-order valence-corrected chi connectivity index (χ3v) is 9.46. The van der Waals surface area contributed by atoms with E-state index in [9.17, 15) is 24.3 Å². The van der Waals surface area contributed by atoms with Crippen molar-refractivity contribution in [3.63, 3.8) is 0 Å². The van der Waals surface area contributed by atoms with Crippen molar-refractivity contribution in [1.29, 1.82) is 0 Å². The minimum Gasteiger partial charge on any atom is -0.455 e. The SMILES string of the molecule is COCC(=O)OC(C)C(=O)OCC(=O)[C@H]1CC[C@H]2[C@@H]3C[C@H](C)C4=CC(=O)C=C[C@]4(C)[C@H]3[C@@H](O)C[C@]12C. The van der Waals surface area contributed by atoms with Crippen molar-refractivity contribution in [1.82, 2.24) is 0 Å². The Morgan fingerprint density at radius 1 is 1.19 bits per heavy atom. The monoisotopic (exact) mass is 502 g/mol. The Balaban J connectivity index is 1.46. The van der Waals surface area contributed by atoms with Gasteiger partial charge in [-0.1, -0.05) is 32.4 Å². The number of allylic oxidation sites excluding steroid dienone is 4. The Morgan fingerprint density at radius 2 is 1.92 bits per heavy atom. The van der Waals surface area contributed by atoms with Crippen molar-refractivity contribution >= 4 is 23.5 Å². The van der Waals surface area contributed by atoms with E-state index in [-0.39, 0.29) is 59.8 Å². The molecule has 0 heterocycles. The number of hydrogen-bond acceptors (Lipinski definition) is 8. The molecule has 1 N–H and O–H groups in total. The van der Waals surface area contributed by atoms with Gasteiger partial charge in [0.1, 0.15) is 13.2 Å². The van der Waals surface area contributed by atoms with Crippen molar-refractivity contribution in [3.8, 4) is 0 Å². The molecule has 0 bridgehead atoms. The van der Waals surface area contributed by atoms with Gasteiger partial charge < -0.3 is 19.3 Å². The van der Waals surface area contributed by atoms with Gasteiger partial charge in [0.2, 0.25) is 0 Å². The van der Waals surface area contributed by atoms with E-state index in [4.69, 9.17) is 9.47 Å². The van der Waals surface area contributed by atoms with E-state index in [1.165, 1.54) is 14.0 Å². The van der Waals surface area contributed by atoms with Crippen LogP contribution in [0.1, 0.15) is 53.4 Å². The zero-order valence-electron chi connectivity index (χ0n) is 21.8. The third-order valence-electron chi connectivity index (χ3n) is 9.46. The molecule has 0 aromatic carbocycles. The first kappa shape index (κ1) is 26.7. The van der Waals surface area contributed by atoms with Crippen LogP contribution in [0.4, 0.5) is 0 Å². The van der Waals surface area contributed by atoms with Gasteiger partial charge in [0, 0.05) is 24.4 Å². The van der Waals surface area contributed by atoms with Gasteiger partial charge in [-0.25, -0.2) is 9.59 Å². The summed E-state index contributed by atoms with van der Waals surface area (Å²) in [4.78, 5) is 49.2. The van der Waals surface area contributed by atoms with Gasteiger partial charge in [0.05, 0.1) is 6.10 Å². The zero-order valence-corrected chi connectivity index (χ0v) is 21.8. The summed E-state index contributed by atoms with van der Waals surface area (Å²) in [5.74, 6) is -1.22. The third kappa shape index (κ3) is 4.47. The van der Waals surface area contributed by atoms with Gasteiger partial charge in [0.15, 0.2) is 17.7 Å². The molecule has 4 aliphatic carbocycles. The van der Waals surface area contributed by atoms with Crippen LogP contribution in [0.15, 0.2) is 23.8 Å². The molecule has 0 amide bonds. The summed E-state index contributed by atoms with van der Waals surface area (Å²) < 4.78 is 14.8. The van der Waals surface area contributed by atoms with Crippen molar-refractivity contribution in [2.75, 3.05) is 20.3 Å². The number of ketones is 2. The highest BCUT2D eigenvalue weighted by atomic mass is 16.6. The number of ether oxygens (including phenoxy) is 3. The number of hydrogen-bond donors (Lipinski definition) is 1. The molecule has 3 saturated carbocycles. The minimum absolute atomic E-state index is 0.00306. The van der Waals surface area contributed by atoms with E-state index in [1.54, 1.807) is 12.2 Å². The molecule has 3 fully saturated rings. The van der Waals surface area contributed by atoms with E-state index in [0.29, 0.717) is 12.8 Å². The quantitative estimate of drug-likeness (QED) is 0.529. The fourth-order valence-corrected chi connectivity index (χ4v) is 8.04. The Bertz CT molecular complexity index is 998. The van der Waals surface area contributed by atoms with Gasteiger partial charge in [-0.3, -0.25) is 9.59 Å². The average molecular weight is 503 g/mol. The molecule has 0 aliphatic heterocycles. The lowest BCUT2D eigenvalue weighted by molar-refractivity contribution is -0.170. The second-order valence-corrected chi connectivity index (χ2v) is 11.6. The van der Waals surface area contributed by atoms with Crippen LogP contribution in [-0.2, 0) is 33.4 Å². The minimum atomic E-state index is -1.13. The van der Waals surface area contributed by atoms with Crippen LogP contribution in [0.25, 0.3) is 0 Å². The first-order valence-corrected chi connectivity index (χ1v) is 12.9. The first-order chi connectivity index (χ1) is 16.9. The van der Waals surface area contributed by atoms with Crippen molar-refractivity contribution in [2.45, 2.75) is 65.6 Å². The van der Waals surface area contributed by atoms with E-state index >= 15 is 0 Å². The molecule has 0 spiro atoms. The van der Waals surface area contributed by atoms with Gasteiger partial charge in [0.25, 0.3) is 0 Å². The van der Waals surface area contributed by atoms with Crippen LogP contribution < -0.4 is 0 Å². The Kier molecular flexibility index (Phi) is 7.32. The lowest BCUT2D eigenvalue weighted by Crippen LogP contribution is -2.57. The lowest BCUT2D eigenvalue weighted by atomic mass is 9.45. The highest BCUT2D eigenvalue weighted by Crippen LogP contribution is 2.66. The molecular weight excluding hydrogens is 464 g/mol. The van der Waals surface area contributed by atoms with Crippen LogP contribution >= 0.6 is 0 Å². The molecule has 9 atom stereocenters. The summed E-state index contributed by atoms with van der Waals surface area (Å²) in [5.41, 5.74) is 0.341. The molecule has 0 aromatic heterocycles. The summed E-state index contributed by atoms with van der Waals surface area (Å²) in [6.45, 7) is 7.13. The molecule has 4 aliphatic rings. The topological polar surface area (TPSA) is 116 Å². The van der Waals surface area contributed by atoms with Gasteiger partial charge >= 0.3 is 11.9 Å². The molecule has 1 unspecified atom stereocenters. The van der Waals surface area contributed by atoms with Crippen molar-refractivity contribution in [3.05, 3.63) is 23.8 Å². The molecule has 0 aromatic rings. The van der Waals surface area contributed by atoms with Gasteiger partial charge in [-0.2, -0.15) is 0 Å². The number of esters is 2. The molecule has 4 rings (SSSR count). The predicted octanol–water partition coefficient (Wildman–Crippen LogP) is 2.82. The molecule has 8 nitrogen and oxygen atoms in total. The number of methoxy groups -OCH3 is 1. The maximum absolute atomic E-state index is 13.3. The maximum atomic E-state index is 13.3. The molecule has 0 radical (unpaired) electrons. The van der Waals surface area contributed by atoms with Crippen molar-refractivity contribution in [2.24, 2.45) is 40.4 Å². The predicted molar refractivity (Wildman–Crippen MR) is 129 cm³/mol. The van der Waals surface area contributed by atoms with Crippen molar-refractivity contribution < 1.29 is 38.5 Å². The molecule has 36 heavy (non-hydrogen) atoms. The van der Waals surface area contributed by atoms with E-state index in [0.717, 1.165) is 18.4 Å². The second-order valence-electron chi connectivity index (χ2n) is 11.6. The number of aliphatic hydroxyl groups is 1. The Morgan fingerprint density at radius 3 is 2.61 bits per heavy atom. The van der Waals surface area contributed by atoms with Gasteiger partial charge in [-0.15, -0.1) is 0 Å². The van der Waals surface area contributed by atoms with Crippen LogP contribution in [0.5, 0.6) is 0 Å². The van der Waals surface area contributed by atoms with Crippen LogP contribution in [0, 0.1) is 40.4 Å². The zero-order chi connectivity index (χ0) is 26.4. The number of rotatable bonds is 7. The standard InChI is InChI=1S/C28H38O8/c1-15-10-18-19-6-7-20(23(31)13-35-26(33)16(2)36-24(32)14-34-5)28(19,4)12-22(30)25(18)27(3)9-8-17(29)11-21(15)27/h8-9,11,15-16,18-20,22,25,30H,6-7,10,12-14H2,1-5H3/t15-,16?,18-,19-,20+,22-,25+,27-,28-/m0/s1. The average Bonchev–Trinajstić information content (AvgIpc) is 3.15. The van der Waals surface area contributed by atoms with Crippen LogP contribution in [-0.4, -0.2) is 61.1 Å². The summed E-state index contributed by atoms with van der Waals surface area (Å²) >= 11 is 0. The number of aliphatic hydroxyl groups excluding tert-OH is 1. The normalized spacial score (nSPS) is 39.8. The van der Waals surface area contributed by atoms with Crippen LogP contribution in [0.3, 0.4) is 0 Å². The number of fused-ring (bicyclic) bond motifs is 5. The molecule has 0 saturated heterocycles. The Labute approximate surface area is 212 Å². The molecule has 198 valence electrons. The van der Waals surface area contributed by atoms with E-state index in [2.05, 4.69) is 25.5 Å². The number of Topliss-reactive ketones (excluding diaryl/α,β-unsaturated/α-hetero) is 1. The summed E-state index contributed by atoms with van der Waals surface area (Å²) in [6.07, 6.45) is 6.57. The largest absolute Gasteiger partial charge is 0.455 e. The summed E-state index contributed by atoms with van der Waals surface area (Å²) in [7, 11) is 1.35.